The van der Waals surface area contributed by atoms with Crippen molar-refractivity contribution in [2.24, 2.45) is 22.7 Å². The average Bonchev–Trinajstić information content (AvgIpc) is 3.21. The van der Waals surface area contributed by atoms with E-state index < -0.39 is 101 Å². The molecule has 2 aromatic carbocycles. The highest BCUT2D eigenvalue weighted by atomic mass is 32.2. The number of esters is 2. The minimum Gasteiger partial charge on any atom is -0.456 e. The lowest BCUT2D eigenvalue weighted by Gasteiger charge is -2.67. The van der Waals surface area contributed by atoms with Gasteiger partial charge in [-0.15, -0.1) is 11.8 Å². The molecule has 3 fully saturated rings. The van der Waals surface area contributed by atoms with Crippen LogP contribution in [0, 0.1) is 22.7 Å². The highest BCUT2D eigenvalue weighted by Crippen LogP contribution is 2.63. The van der Waals surface area contributed by atoms with Crippen molar-refractivity contribution in [3.8, 4) is 0 Å². The summed E-state index contributed by atoms with van der Waals surface area (Å²) in [6.45, 7) is 8.89. The fourth-order valence-corrected chi connectivity index (χ4v) is 9.70. The molecule has 2 aromatic rings. The quantitative estimate of drug-likeness (QED) is 0.0729. The van der Waals surface area contributed by atoms with Crippen LogP contribution in [0.25, 0.3) is 0 Å². The van der Waals surface area contributed by atoms with Crippen LogP contribution >= 0.6 is 11.8 Å². The van der Waals surface area contributed by atoms with Crippen LogP contribution in [0.5, 0.6) is 0 Å². The number of aliphatic hydroxyl groups excluding tert-OH is 1. The van der Waals surface area contributed by atoms with Gasteiger partial charge in [-0.2, -0.15) is 0 Å². The van der Waals surface area contributed by atoms with E-state index in [1.165, 1.54) is 30.8 Å². The van der Waals surface area contributed by atoms with Gasteiger partial charge in [-0.3, -0.25) is 4.79 Å². The van der Waals surface area contributed by atoms with E-state index in [0.29, 0.717) is 11.5 Å². The van der Waals surface area contributed by atoms with Crippen LogP contribution in [-0.4, -0.2) is 119 Å². The zero-order chi connectivity index (χ0) is 43.6. The largest absolute Gasteiger partial charge is 0.508 e. The molecule has 0 spiro atoms. The predicted molar refractivity (Wildman–Crippen MR) is 215 cm³/mol. The molecule has 3 N–H and O–H groups in total. The van der Waals surface area contributed by atoms with Gasteiger partial charge in [0.25, 0.3) is 0 Å². The number of thioether (sulfide) groups is 1. The summed E-state index contributed by atoms with van der Waals surface area (Å²) < 4.78 is 46.1. The van der Waals surface area contributed by atoms with Crippen molar-refractivity contribution in [3.05, 3.63) is 82.9 Å². The fourth-order valence-electron chi connectivity index (χ4n) is 9.46. The standard InChI is InChI=1S/C44H56O15S/c1-25(2)34(56-23-52-22-53-24-60-7)39(48)57-29-19-44(51)37(59-38(47)28-16-12-9-13-17-28)35-42(6,36(46)33(45)32(26(29)3)41(44,4)5)30(18-31-43(35,50)21-55-31)58-40(49)54-20-27-14-10-8-11-15-27/h8-17,25,29-31,33-35,37,45,50-51H,18-24H2,1-7H3/t29?,30?,31?,33?,34?,35?,37?,42-,43?,44?/m1/s1. The molecule has 10 atom stereocenters. The molecule has 9 unspecified atom stereocenters. The van der Waals surface area contributed by atoms with E-state index in [2.05, 4.69) is 0 Å². The monoisotopic (exact) mass is 856 g/mol. The van der Waals surface area contributed by atoms with Gasteiger partial charge in [0.15, 0.2) is 25.5 Å². The highest BCUT2D eigenvalue weighted by Gasteiger charge is 2.77. The number of Topliss-reactive ketones (excluding diaryl/α,β-unsaturated/α-hetero) is 1. The third-order valence-electron chi connectivity index (χ3n) is 12.8. The zero-order valence-electron chi connectivity index (χ0n) is 35.0. The highest BCUT2D eigenvalue weighted by molar-refractivity contribution is 7.98. The summed E-state index contributed by atoms with van der Waals surface area (Å²) in [5.74, 6) is -4.13. The first kappa shape index (κ1) is 45.7. The van der Waals surface area contributed by atoms with Crippen LogP contribution in [0.3, 0.4) is 0 Å². The second-order valence-corrected chi connectivity index (χ2v) is 17.8. The number of ketones is 1. The van der Waals surface area contributed by atoms with Crippen molar-refractivity contribution in [1.29, 1.82) is 0 Å². The van der Waals surface area contributed by atoms with Gasteiger partial charge in [-0.1, -0.05) is 76.2 Å². The Labute approximate surface area is 354 Å². The van der Waals surface area contributed by atoms with Crippen LogP contribution in [0.4, 0.5) is 4.79 Å². The first-order valence-corrected chi connectivity index (χ1v) is 21.4. The Kier molecular flexibility index (Phi) is 13.9. The molecule has 1 saturated heterocycles. The van der Waals surface area contributed by atoms with Gasteiger partial charge in [-0.05, 0) is 54.9 Å². The van der Waals surface area contributed by atoms with Crippen molar-refractivity contribution >= 4 is 35.6 Å². The molecule has 2 bridgehead atoms. The summed E-state index contributed by atoms with van der Waals surface area (Å²) >= 11 is 1.47. The molecular formula is C44H56O15S. The topological polar surface area (TPSA) is 203 Å². The number of benzene rings is 2. The number of fused-ring (bicyclic) bond motifs is 5. The van der Waals surface area contributed by atoms with Crippen molar-refractivity contribution in [3.63, 3.8) is 0 Å². The molecule has 0 radical (unpaired) electrons. The van der Waals surface area contributed by atoms with E-state index in [9.17, 15) is 29.7 Å². The summed E-state index contributed by atoms with van der Waals surface area (Å²) in [6, 6.07) is 16.9. The Hall–Kier alpha value is -3.87. The Bertz CT molecular complexity index is 1900. The van der Waals surface area contributed by atoms with Crippen LogP contribution in [0.2, 0.25) is 0 Å². The molecule has 1 aliphatic heterocycles. The first-order chi connectivity index (χ1) is 28.4. The summed E-state index contributed by atoms with van der Waals surface area (Å²) in [7, 11) is 0. The molecule has 328 valence electrons. The molecule has 2 saturated carbocycles. The van der Waals surface area contributed by atoms with E-state index >= 15 is 4.79 Å². The molecule has 15 nitrogen and oxygen atoms in total. The maximum atomic E-state index is 15.3. The van der Waals surface area contributed by atoms with Crippen LogP contribution in [0.15, 0.2) is 71.8 Å². The van der Waals surface area contributed by atoms with Gasteiger partial charge in [0.1, 0.15) is 42.2 Å². The third kappa shape index (κ3) is 8.37. The number of rotatable bonds is 15. The maximum Gasteiger partial charge on any atom is 0.508 e. The number of ether oxygens (including phenoxy) is 8. The predicted octanol–water partition coefficient (Wildman–Crippen LogP) is 4.73. The average molecular weight is 857 g/mol. The van der Waals surface area contributed by atoms with E-state index in [0.717, 1.165) is 0 Å². The van der Waals surface area contributed by atoms with Gasteiger partial charge in [-0.25, -0.2) is 14.4 Å². The Morgan fingerprint density at radius 1 is 0.933 bits per heavy atom. The second kappa shape index (κ2) is 18.2. The van der Waals surface area contributed by atoms with Gasteiger partial charge >= 0.3 is 18.1 Å². The molecule has 0 amide bonds. The number of aliphatic hydroxyl groups is 3. The lowest BCUT2D eigenvalue weighted by molar-refractivity contribution is -0.344. The summed E-state index contributed by atoms with van der Waals surface area (Å²) in [5, 5.41) is 38.5. The van der Waals surface area contributed by atoms with Crippen LogP contribution in [0.1, 0.15) is 70.3 Å². The molecule has 6 rings (SSSR count). The zero-order valence-corrected chi connectivity index (χ0v) is 35.8. The van der Waals surface area contributed by atoms with Crippen molar-refractivity contribution in [2.75, 3.05) is 32.4 Å². The van der Waals surface area contributed by atoms with Crippen molar-refractivity contribution in [1.82, 2.24) is 0 Å². The van der Waals surface area contributed by atoms with E-state index in [1.807, 2.05) is 12.3 Å². The third-order valence-corrected chi connectivity index (χ3v) is 13.2. The van der Waals surface area contributed by atoms with Gasteiger partial charge in [0, 0.05) is 24.2 Å². The Morgan fingerprint density at radius 3 is 2.22 bits per heavy atom. The Morgan fingerprint density at radius 2 is 1.60 bits per heavy atom. The lowest BCUT2D eigenvalue weighted by atomic mass is 9.44. The number of carbonyl (C=O) groups excluding carboxylic acids is 4. The summed E-state index contributed by atoms with van der Waals surface area (Å²) in [6.07, 6.45) is -8.47. The van der Waals surface area contributed by atoms with Crippen molar-refractivity contribution < 1.29 is 72.4 Å². The maximum absolute atomic E-state index is 15.3. The van der Waals surface area contributed by atoms with E-state index in [4.69, 9.17) is 37.9 Å². The minimum atomic E-state index is -2.28. The molecule has 3 aliphatic carbocycles. The molecule has 16 heteroatoms. The normalized spacial score (nSPS) is 32.4. The van der Waals surface area contributed by atoms with Gasteiger partial charge in [0.05, 0.1) is 29.6 Å². The van der Waals surface area contributed by atoms with E-state index in [1.54, 1.807) is 77.1 Å². The molecule has 0 aromatic heterocycles. The molecule has 60 heavy (non-hydrogen) atoms. The van der Waals surface area contributed by atoms with Crippen molar-refractivity contribution in [2.45, 2.75) is 109 Å². The second-order valence-electron chi connectivity index (χ2n) is 17.0. The fraction of sp³-hybridized carbons (Fsp3) is 0.591. The molecule has 1 heterocycles. The first-order valence-electron chi connectivity index (χ1n) is 20.0. The van der Waals surface area contributed by atoms with Crippen LogP contribution in [-0.2, 0) is 54.1 Å². The van der Waals surface area contributed by atoms with Gasteiger partial charge < -0.3 is 53.2 Å². The number of hydrogen-bond acceptors (Lipinski definition) is 16. The number of carbonyl (C=O) groups is 4. The lowest BCUT2D eigenvalue weighted by Crippen LogP contribution is -2.81. The van der Waals surface area contributed by atoms with Gasteiger partial charge in [0.2, 0.25) is 0 Å². The van der Waals surface area contributed by atoms with Crippen LogP contribution < -0.4 is 0 Å². The number of hydrogen-bond donors (Lipinski definition) is 3. The SMILES string of the molecule is CSCOCOCOC(C(=O)OC1CC2(O)C(OC(=O)c3ccccc3)C3C4(O)COC4CC(OC(=O)OCc4ccccc4)[C@@]3(C)C(=O)C(O)C(=C1C)C2(C)C)C(C)C. The Balaban J connectivity index is 1.43. The van der Waals surface area contributed by atoms with E-state index in [-0.39, 0.29) is 49.9 Å². The summed E-state index contributed by atoms with van der Waals surface area (Å²) in [4.78, 5) is 56.8. The minimum absolute atomic E-state index is 0.0140. The summed E-state index contributed by atoms with van der Waals surface area (Å²) in [5.41, 5.74) is -6.75. The molecular weight excluding hydrogens is 801 g/mol. The molecule has 4 aliphatic rings. The smallest absolute Gasteiger partial charge is 0.456 e.